The number of fused-ring (bicyclic) bond motifs is 2. The Morgan fingerprint density at radius 2 is 1.39 bits per heavy atom. The Morgan fingerprint density at radius 1 is 0.870 bits per heavy atom. The number of unbranched alkanes of at least 4 members (excludes halogenated alkanes) is 1. The number of hydroxylamine groups is 3. The molecule has 1 aliphatic heterocycles. The van der Waals surface area contributed by atoms with E-state index < -0.39 is 0 Å². The van der Waals surface area contributed by atoms with Crippen molar-refractivity contribution in [2.24, 2.45) is 0 Å². The van der Waals surface area contributed by atoms with Gasteiger partial charge >= 0.3 is 0 Å². The molecule has 3 nitrogen and oxygen atoms in total. The van der Waals surface area contributed by atoms with E-state index in [4.69, 9.17) is 0 Å². The molecule has 23 heavy (non-hydrogen) atoms. The van der Waals surface area contributed by atoms with Crippen molar-refractivity contribution in [1.29, 1.82) is 0 Å². The molecule has 0 saturated carbocycles. The van der Waals surface area contributed by atoms with Gasteiger partial charge in [-0.15, -0.1) is 0 Å². The first-order valence-corrected chi connectivity index (χ1v) is 8.52. The van der Waals surface area contributed by atoms with Gasteiger partial charge in [0.2, 0.25) is 0 Å². The molecule has 0 atom stereocenters. The van der Waals surface area contributed by atoms with Crippen molar-refractivity contribution in [2.75, 3.05) is 32.1 Å². The minimum absolute atomic E-state index is 0.201. The monoisotopic (exact) mass is 310 g/mol. The zero-order chi connectivity index (χ0) is 16.3. The molecule has 1 aliphatic rings. The molecule has 3 rings (SSSR count). The van der Waals surface area contributed by atoms with Crippen LogP contribution in [0.2, 0.25) is 0 Å². The number of hydrogen-bond donors (Lipinski definition) is 0. The molecule has 0 spiro atoms. The predicted octanol–water partition coefficient (Wildman–Crippen LogP) is 4.28. The molecule has 122 valence electrons. The lowest BCUT2D eigenvalue weighted by molar-refractivity contribution is -0.840. The lowest BCUT2D eigenvalue weighted by Gasteiger charge is -2.34. The van der Waals surface area contributed by atoms with Gasteiger partial charge in [0.1, 0.15) is 0 Å². The molecule has 1 heterocycles. The van der Waals surface area contributed by atoms with Crippen LogP contribution in [0, 0.1) is 5.21 Å². The molecule has 2 aromatic carbocycles. The van der Waals surface area contributed by atoms with E-state index >= 15 is 0 Å². The van der Waals surface area contributed by atoms with Crippen molar-refractivity contribution >= 4 is 11.4 Å². The second-order valence-electron chi connectivity index (χ2n) is 6.91. The van der Waals surface area contributed by atoms with Gasteiger partial charge in [0.15, 0.2) is 0 Å². The fraction of sp³-hybridized carbons (Fsp3) is 0.400. The Bertz CT molecular complexity index is 613. The molecule has 0 unspecified atom stereocenters. The zero-order valence-corrected chi connectivity index (χ0v) is 14.2. The first-order chi connectivity index (χ1) is 11.0. The molecule has 0 N–H and O–H groups in total. The maximum atomic E-state index is 11.7. The fourth-order valence-corrected chi connectivity index (χ4v) is 3.37. The topological polar surface area (TPSA) is 26.3 Å². The Labute approximate surface area is 139 Å². The molecule has 3 heteroatoms. The average Bonchev–Trinajstić information content (AvgIpc) is 2.68. The molecule has 0 aliphatic carbocycles. The van der Waals surface area contributed by atoms with Crippen LogP contribution in [-0.4, -0.2) is 31.8 Å². The lowest BCUT2D eigenvalue weighted by atomic mass is 10.0. The summed E-state index contributed by atoms with van der Waals surface area (Å²) in [5, 5.41) is 11.7. The van der Waals surface area contributed by atoms with E-state index in [1.807, 2.05) is 0 Å². The molecule has 0 aromatic heterocycles. The van der Waals surface area contributed by atoms with Gasteiger partial charge in [-0.3, -0.25) is 0 Å². The van der Waals surface area contributed by atoms with Gasteiger partial charge in [-0.05, 0) is 48.9 Å². The largest absolute Gasteiger partial charge is 0.633 e. The van der Waals surface area contributed by atoms with Crippen LogP contribution in [0.5, 0.6) is 0 Å². The Balaban J connectivity index is 1.82. The van der Waals surface area contributed by atoms with E-state index in [2.05, 4.69) is 53.4 Å². The number of benzene rings is 2. The van der Waals surface area contributed by atoms with E-state index in [-0.39, 0.29) is 4.65 Å². The van der Waals surface area contributed by atoms with Gasteiger partial charge < -0.3 is 14.8 Å². The Morgan fingerprint density at radius 3 is 1.91 bits per heavy atom. The van der Waals surface area contributed by atoms with Crippen LogP contribution in [0.4, 0.5) is 11.4 Å². The molecule has 2 aromatic rings. The number of nitrogens with zero attached hydrogens (tertiary/aromatic N) is 2. The maximum absolute atomic E-state index is 11.7. The minimum Gasteiger partial charge on any atom is -0.633 e. The lowest BCUT2D eigenvalue weighted by Crippen LogP contribution is -2.33. The first-order valence-electron chi connectivity index (χ1n) is 8.52. The first kappa shape index (κ1) is 16.0. The number of para-hydroxylation sites is 2. The van der Waals surface area contributed by atoms with Crippen LogP contribution in [0.3, 0.4) is 0 Å². The van der Waals surface area contributed by atoms with Crippen LogP contribution >= 0.6 is 0 Å². The SMILES string of the molecule is C[N+](C)([O-])CCCCN1c2ccccc2CCc2ccccc21. The number of hydrogen-bond acceptors (Lipinski definition) is 2. The highest BCUT2D eigenvalue weighted by Gasteiger charge is 2.19. The normalized spacial score (nSPS) is 14.1. The summed E-state index contributed by atoms with van der Waals surface area (Å²) in [7, 11) is 3.44. The van der Waals surface area contributed by atoms with Crippen molar-refractivity contribution in [1.82, 2.24) is 0 Å². The van der Waals surface area contributed by atoms with Crippen LogP contribution in [0.15, 0.2) is 48.5 Å². The van der Waals surface area contributed by atoms with Crippen molar-refractivity contribution in [3.63, 3.8) is 0 Å². The molecule has 0 amide bonds. The Kier molecular flexibility index (Phi) is 4.69. The molecule has 0 bridgehead atoms. The third-order valence-electron chi connectivity index (χ3n) is 4.56. The van der Waals surface area contributed by atoms with Crippen molar-refractivity contribution < 1.29 is 4.65 Å². The molecule has 0 fully saturated rings. The van der Waals surface area contributed by atoms with E-state index in [9.17, 15) is 5.21 Å². The van der Waals surface area contributed by atoms with E-state index in [0.717, 1.165) is 32.2 Å². The highest BCUT2D eigenvalue weighted by atomic mass is 16.5. The summed E-state index contributed by atoms with van der Waals surface area (Å²) in [6.07, 6.45) is 4.17. The smallest absolute Gasteiger partial charge is 0.0780 e. The number of quaternary nitrogens is 1. The molecule has 0 radical (unpaired) electrons. The molecule has 0 saturated heterocycles. The van der Waals surface area contributed by atoms with E-state index in [1.165, 1.54) is 22.5 Å². The number of anilines is 2. The zero-order valence-electron chi connectivity index (χ0n) is 14.2. The van der Waals surface area contributed by atoms with Crippen molar-refractivity contribution in [3.8, 4) is 0 Å². The minimum atomic E-state index is -0.201. The summed E-state index contributed by atoms with van der Waals surface area (Å²) in [6.45, 7) is 1.64. The van der Waals surface area contributed by atoms with Gasteiger partial charge in [0, 0.05) is 17.9 Å². The van der Waals surface area contributed by atoms with E-state index in [1.54, 1.807) is 14.1 Å². The molecular weight excluding hydrogens is 284 g/mol. The van der Waals surface area contributed by atoms with Crippen LogP contribution in [0.1, 0.15) is 24.0 Å². The Hall–Kier alpha value is -1.84. The predicted molar refractivity (Wildman–Crippen MR) is 96.9 cm³/mol. The van der Waals surface area contributed by atoms with Crippen LogP contribution in [0.25, 0.3) is 0 Å². The summed E-state index contributed by atoms with van der Waals surface area (Å²) >= 11 is 0. The fourth-order valence-electron chi connectivity index (χ4n) is 3.37. The van der Waals surface area contributed by atoms with Gasteiger partial charge in [-0.1, -0.05) is 36.4 Å². The highest BCUT2D eigenvalue weighted by Crippen LogP contribution is 2.35. The van der Waals surface area contributed by atoms with Gasteiger partial charge in [-0.2, -0.15) is 0 Å². The highest BCUT2D eigenvalue weighted by molar-refractivity contribution is 5.71. The quantitative estimate of drug-likeness (QED) is 0.468. The van der Waals surface area contributed by atoms with E-state index in [0.29, 0.717) is 6.54 Å². The van der Waals surface area contributed by atoms with Gasteiger partial charge in [0.05, 0.1) is 20.6 Å². The van der Waals surface area contributed by atoms with Crippen LogP contribution < -0.4 is 4.90 Å². The van der Waals surface area contributed by atoms with Crippen molar-refractivity contribution in [3.05, 3.63) is 64.9 Å². The summed E-state index contributed by atoms with van der Waals surface area (Å²) < 4.78 is -0.201. The second kappa shape index (κ2) is 6.73. The van der Waals surface area contributed by atoms with Gasteiger partial charge in [-0.25, -0.2) is 0 Å². The summed E-state index contributed by atoms with van der Waals surface area (Å²) in [6, 6.07) is 17.4. The summed E-state index contributed by atoms with van der Waals surface area (Å²) in [5.74, 6) is 0. The average molecular weight is 310 g/mol. The third kappa shape index (κ3) is 3.92. The standard InChI is InChI=1S/C20H26N2O/c1-22(2,23)16-8-7-15-21-19-11-5-3-9-17(19)13-14-18-10-4-6-12-20(18)21/h3-6,9-12H,7-8,13-16H2,1-2H3. The number of rotatable bonds is 5. The summed E-state index contributed by atoms with van der Waals surface area (Å²) in [4.78, 5) is 2.45. The van der Waals surface area contributed by atoms with Gasteiger partial charge in [0.25, 0.3) is 0 Å². The molecular formula is C20H26N2O. The number of aryl methyl sites for hydroxylation is 2. The third-order valence-corrected chi connectivity index (χ3v) is 4.56. The van der Waals surface area contributed by atoms with Crippen molar-refractivity contribution in [2.45, 2.75) is 25.7 Å². The maximum Gasteiger partial charge on any atom is 0.0780 e. The van der Waals surface area contributed by atoms with Crippen LogP contribution in [-0.2, 0) is 12.8 Å². The second-order valence-corrected chi connectivity index (χ2v) is 6.91. The summed E-state index contributed by atoms with van der Waals surface area (Å²) in [5.41, 5.74) is 5.49.